The second-order valence-electron chi connectivity index (χ2n) is 5.27. The number of ketones is 1. The van der Waals surface area contributed by atoms with Crippen LogP contribution in [0.25, 0.3) is 10.2 Å². The van der Waals surface area contributed by atoms with Gasteiger partial charge in [-0.2, -0.15) is 4.57 Å². The highest BCUT2D eigenvalue weighted by Gasteiger charge is 2.22. The molecule has 0 saturated heterocycles. The maximum absolute atomic E-state index is 12.5. The van der Waals surface area contributed by atoms with Crippen molar-refractivity contribution in [3.8, 4) is 5.75 Å². The van der Waals surface area contributed by atoms with Crippen molar-refractivity contribution >= 4 is 33.0 Å². The molecule has 6 nitrogen and oxygen atoms in total. The summed E-state index contributed by atoms with van der Waals surface area (Å²) < 4.78 is 8.22. The highest BCUT2D eigenvalue weighted by atomic mass is 32.1. The van der Waals surface area contributed by atoms with Gasteiger partial charge in [-0.1, -0.05) is 11.3 Å². The Balaban J connectivity index is 1.90. The second-order valence-corrected chi connectivity index (χ2v) is 6.50. The molecule has 1 heterocycles. The fourth-order valence-electron chi connectivity index (χ4n) is 2.51. The third kappa shape index (κ3) is 2.98. The molecule has 0 amide bonds. The number of methoxy groups -OCH3 is 1. The lowest BCUT2D eigenvalue weighted by atomic mass is 10.1. The number of rotatable bonds is 5. The minimum absolute atomic E-state index is 0.0246. The molecule has 122 valence electrons. The van der Waals surface area contributed by atoms with Crippen molar-refractivity contribution in [2.75, 3.05) is 7.11 Å². The van der Waals surface area contributed by atoms with Gasteiger partial charge >= 0.3 is 0 Å². The number of carbonyl (C=O) groups is 1. The Bertz CT molecular complexity index is 932. The zero-order valence-electron chi connectivity index (χ0n) is 13.2. The molecule has 0 aliphatic rings. The summed E-state index contributed by atoms with van der Waals surface area (Å²) >= 11 is 1.59. The molecule has 0 aliphatic carbocycles. The number of benzene rings is 2. The monoisotopic (exact) mass is 343 g/mol. The number of thiazole rings is 1. The van der Waals surface area contributed by atoms with Crippen molar-refractivity contribution in [3.05, 3.63) is 63.1 Å². The molecule has 0 aliphatic heterocycles. The number of non-ortho nitro benzene ring substituents is 1. The van der Waals surface area contributed by atoms with E-state index in [2.05, 4.69) is 0 Å². The summed E-state index contributed by atoms with van der Waals surface area (Å²) in [6, 6.07) is 11.4. The van der Waals surface area contributed by atoms with E-state index < -0.39 is 4.92 Å². The van der Waals surface area contributed by atoms with Gasteiger partial charge in [0.25, 0.3) is 5.69 Å². The number of aromatic nitrogens is 1. The van der Waals surface area contributed by atoms with E-state index in [-0.39, 0.29) is 18.0 Å². The smallest absolute Gasteiger partial charge is 0.269 e. The second kappa shape index (κ2) is 6.37. The van der Waals surface area contributed by atoms with Crippen LogP contribution in [-0.2, 0) is 6.54 Å². The molecule has 3 rings (SSSR count). The minimum atomic E-state index is -0.479. The average Bonchev–Trinajstić information content (AvgIpc) is 2.89. The maximum atomic E-state index is 12.5. The van der Waals surface area contributed by atoms with Crippen LogP contribution in [0, 0.1) is 17.0 Å². The largest absolute Gasteiger partial charge is 0.497 e. The van der Waals surface area contributed by atoms with Crippen molar-refractivity contribution in [2.45, 2.75) is 13.5 Å². The summed E-state index contributed by atoms with van der Waals surface area (Å²) in [4.78, 5) is 22.7. The van der Waals surface area contributed by atoms with Gasteiger partial charge in [-0.25, -0.2) is 0 Å². The van der Waals surface area contributed by atoms with Crippen molar-refractivity contribution in [3.63, 3.8) is 0 Å². The third-order valence-corrected chi connectivity index (χ3v) is 4.86. The van der Waals surface area contributed by atoms with Gasteiger partial charge in [0.1, 0.15) is 10.4 Å². The number of nitro groups is 1. The Morgan fingerprint density at radius 1 is 1.25 bits per heavy atom. The molecule has 0 N–H and O–H groups in total. The molecule has 0 spiro atoms. The molecule has 2 aromatic carbocycles. The van der Waals surface area contributed by atoms with Crippen LogP contribution < -0.4 is 9.30 Å². The van der Waals surface area contributed by atoms with E-state index in [9.17, 15) is 14.9 Å². The average molecular weight is 343 g/mol. The van der Waals surface area contributed by atoms with Crippen LogP contribution >= 0.6 is 11.3 Å². The van der Waals surface area contributed by atoms with E-state index >= 15 is 0 Å². The molecule has 0 radical (unpaired) electrons. The number of fused-ring (bicyclic) bond motifs is 1. The SMILES string of the molecule is COc1ccc2c(c1)sc(C)[n+]2CC(=O)c1ccc([N+](=O)[O-])cc1. The van der Waals surface area contributed by atoms with Crippen molar-refractivity contribution in [1.82, 2.24) is 0 Å². The summed E-state index contributed by atoms with van der Waals surface area (Å²) in [6.07, 6.45) is 0. The Labute approximate surface area is 142 Å². The summed E-state index contributed by atoms with van der Waals surface area (Å²) in [5.74, 6) is 0.686. The number of nitrogens with zero attached hydrogens (tertiary/aromatic N) is 2. The molecular formula is C17H15N2O4S+. The van der Waals surface area contributed by atoms with Crippen molar-refractivity contribution in [2.24, 2.45) is 0 Å². The number of hydrogen-bond donors (Lipinski definition) is 0. The lowest BCUT2D eigenvalue weighted by Gasteiger charge is -2.00. The standard InChI is InChI=1S/C17H15N2O4S/c1-11-18(15-8-7-14(23-2)9-17(15)24-11)10-16(20)12-3-5-13(6-4-12)19(21)22/h3-9H,10H2,1-2H3/q+1. The van der Waals surface area contributed by atoms with Crippen molar-refractivity contribution in [1.29, 1.82) is 0 Å². The molecule has 1 aromatic heterocycles. The first-order valence-corrected chi connectivity index (χ1v) is 8.06. The quantitative estimate of drug-likeness (QED) is 0.308. The lowest BCUT2D eigenvalue weighted by molar-refractivity contribution is -0.658. The molecule has 24 heavy (non-hydrogen) atoms. The fraction of sp³-hybridized carbons (Fsp3) is 0.176. The molecule has 0 atom stereocenters. The van der Waals surface area contributed by atoms with Crippen LogP contribution in [-0.4, -0.2) is 17.8 Å². The molecule has 3 aromatic rings. The molecule has 0 bridgehead atoms. The van der Waals surface area contributed by atoms with Crippen LogP contribution in [0.15, 0.2) is 42.5 Å². The molecule has 7 heteroatoms. The van der Waals surface area contributed by atoms with E-state index in [1.54, 1.807) is 18.4 Å². The topological polar surface area (TPSA) is 73.3 Å². The Morgan fingerprint density at radius 2 is 1.96 bits per heavy atom. The van der Waals surface area contributed by atoms with Crippen LogP contribution in [0.1, 0.15) is 15.4 Å². The Kier molecular flexibility index (Phi) is 4.26. The van der Waals surface area contributed by atoms with E-state index in [1.807, 2.05) is 29.7 Å². The van der Waals surface area contributed by atoms with Gasteiger partial charge in [-0.3, -0.25) is 14.9 Å². The van der Waals surface area contributed by atoms with E-state index in [4.69, 9.17) is 4.74 Å². The van der Waals surface area contributed by atoms with Gasteiger partial charge in [0.05, 0.1) is 12.0 Å². The maximum Gasteiger partial charge on any atom is 0.269 e. The highest BCUT2D eigenvalue weighted by molar-refractivity contribution is 7.18. The molecule has 0 unspecified atom stereocenters. The van der Waals surface area contributed by atoms with Crippen LogP contribution in [0.4, 0.5) is 5.69 Å². The van der Waals surface area contributed by atoms with Crippen LogP contribution in [0.5, 0.6) is 5.75 Å². The predicted molar refractivity (Wildman–Crippen MR) is 90.7 cm³/mol. The number of nitro benzene ring substituents is 1. The van der Waals surface area contributed by atoms with Gasteiger partial charge in [-0.05, 0) is 18.2 Å². The minimum Gasteiger partial charge on any atom is -0.497 e. The predicted octanol–water partition coefficient (Wildman–Crippen LogP) is 3.30. The first kappa shape index (κ1) is 16.1. The normalized spacial score (nSPS) is 10.8. The number of hydrogen-bond acceptors (Lipinski definition) is 5. The molecule has 0 fully saturated rings. The third-order valence-electron chi connectivity index (χ3n) is 3.80. The zero-order valence-corrected chi connectivity index (χ0v) is 14.0. The fourth-order valence-corrected chi connectivity index (χ4v) is 3.56. The van der Waals surface area contributed by atoms with Gasteiger partial charge in [-0.15, -0.1) is 0 Å². The van der Waals surface area contributed by atoms with Crippen LogP contribution in [0.2, 0.25) is 0 Å². The summed E-state index contributed by atoms with van der Waals surface area (Å²) in [7, 11) is 1.62. The van der Waals surface area contributed by atoms with E-state index in [0.717, 1.165) is 21.0 Å². The molecule has 0 saturated carbocycles. The number of aryl methyl sites for hydroxylation is 1. The van der Waals surface area contributed by atoms with Gasteiger partial charge in [0.2, 0.25) is 22.9 Å². The van der Waals surface area contributed by atoms with Gasteiger partial charge in [0.15, 0.2) is 0 Å². The number of carbonyl (C=O) groups excluding carboxylic acids is 1. The number of ether oxygens (including phenoxy) is 1. The first-order chi connectivity index (χ1) is 11.5. The van der Waals surface area contributed by atoms with Gasteiger partial charge < -0.3 is 4.74 Å². The van der Waals surface area contributed by atoms with Crippen LogP contribution in [0.3, 0.4) is 0 Å². The lowest BCUT2D eigenvalue weighted by Crippen LogP contribution is -2.39. The highest BCUT2D eigenvalue weighted by Crippen LogP contribution is 2.25. The van der Waals surface area contributed by atoms with Gasteiger partial charge in [0, 0.05) is 36.8 Å². The van der Waals surface area contributed by atoms with E-state index in [1.165, 1.54) is 24.3 Å². The van der Waals surface area contributed by atoms with Crippen molar-refractivity contribution < 1.29 is 19.0 Å². The first-order valence-electron chi connectivity index (χ1n) is 7.24. The number of Topliss-reactive ketones (excluding diaryl/α,β-unsaturated/α-hetero) is 1. The summed E-state index contributed by atoms with van der Waals surface area (Å²) in [5, 5.41) is 11.7. The van der Waals surface area contributed by atoms with E-state index in [0.29, 0.717) is 5.56 Å². The summed E-state index contributed by atoms with van der Waals surface area (Å²) in [6.45, 7) is 2.15. The summed E-state index contributed by atoms with van der Waals surface area (Å²) in [5.41, 5.74) is 1.40. The Hall–Kier alpha value is -2.80. The zero-order chi connectivity index (χ0) is 17.3. The molecular weight excluding hydrogens is 328 g/mol. The Morgan fingerprint density at radius 3 is 2.58 bits per heavy atom.